The third kappa shape index (κ3) is 4.28. The van der Waals surface area contributed by atoms with Crippen molar-refractivity contribution in [2.24, 2.45) is 5.92 Å². The van der Waals surface area contributed by atoms with Crippen LogP contribution in [0.4, 0.5) is 5.82 Å². The van der Waals surface area contributed by atoms with Gasteiger partial charge < -0.3 is 10.2 Å². The Morgan fingerprint density at radius 1 is 1.26 bits per heavy atom. The Kier molecular flexibility index (Phi) is 5.19. The molecule has 0 radical (unpaired) electrons. The number of hydrogen-bond donors (Lipinski definition) is 1. The number of aromatic nitrogens is 2. The normalized spacial score (nSPS) is 17.7. The predicted octanol–water partition coefficient (Wildman–Crippen LogP) is 2.05. The summed E-state index contributed by atoms with van der Waals surface area (Å²) >= 11 is 0. The number of hydrogen-bond acceptors (Lipinski definition) is 4. The second kappa shape index (κ2) is 7.72. The topological polar surface area (TPSA) is 58.1 Å². The molecule has 2 aromatic heterocycles. The van der Waals surface area contributed by atoms with Crippen molar-refractivity contribution in [3.8, 4) is 0 Å². The Balaban J connectivity index is 1.49. The molecule has 5 nitrogen and oxygen atoms in total. The fraction of sp³-hybridized carbons (Fsp3) is 0.389. The van der Waals surface area contributed by atoms with E-state index in [4.69, 9.17) is 0 Å². The van der Waals surface area contributed by atoms with Crippen LogP contribution in [-0.2, 0) is 11.2 Å². The van der Waals surface area contributed by atoms with Crippen LogP contribution in [0.15, 0.2) is 48.9 Å². The molecule has 1 N–H and O–H groups in total. The number of rotatable bonds is 5. The lowest BCUT2D eigenvalue weighted by molar-refractivity contribution is -0.125. The Morgan fingerprint density at radius 3 is 3.00 bits per heavy atom. The lowest BCUT2D eigenvalue weighted by Crippen LogP contribution is -2.43. The highest BCUT2D eigenvalue weighted by Gasteiger charge is 2.26. The van der Waals surface area contributed by atoms with Crippen LogP contribution in [0, 0.1) is 5.92 Å². The number of carbonyl (C=O) groups is 1. The van der Waals surface area contributed by atoms with Gasteiger partial charge in [0.1, 0.15) is 5.82 Å². The van der Waals surface area contributed by atoms with Crippen LogP contribution in [0.2, 0.25) is 0 Å². The summed E-state index contributed by atoms with van der Waals surface area (Å²) in [6.45, 7) is 2.37. The number of nitrogens with one attached hydrogen (secondary N) is 1. The van der Waals surface area contributed by atoms with Crippen molar-refractivity contribution in [2.45, 2.75) is 19.3 Å². The summed E-state index contributed by atoms with van der Waals surface area (Å²) in [5, 5.41) is 3.06. The van der Waals surface area contributed by atoms with E-state index in [1.54, 1.807) is 12.4 Å². The maximum atomic E-state index is 12.4. The van der Waals surface area contributed by atoms with Crippen LogP contribution in [-0.4, -0.2) is 35.5 Å². The van der Waals surface area contributed by atoms with Gasteiger partial charge in [-0.3, -0.25) is 9.78 Å². The van der Waals surface area contributed by atoms with Gasteiger partial charge in [0.25, 0.3) is 0 Å². The first kappa shape index (κ1) is 15.5. The molecule has 0 unspecified atom stereocenters. The zero-order valence-corrected chi connectivity index (χ0v) is 13.2. The average Bonchev–Trinajstić information content (AvgIpc) is 2.63. The van der Waals surface area contributed by atoms with Gasteiger partial charge in [0, 0.05) is 38.2 Å². The molecule has 0 bridgehead atoms. The summed E-state index contributed by atoms with van der Waals surface area (Å²) in [5.41, 5.74) is 1.14. The van der Waals surface area contributed by atoms with E-state index < -0.39 is 0 Å². The molecule has 1 atom stereocenters. The van der Waals surface area contributed by atoms with Crippen molar-refractivity contribution in [3.63, 3.8) is 0 Å². The van der Waals surface area contributed by atoms with Gasteiger partial charge in [0.05, 0.1) is 5.92 Å². The Bertz CT molecular complexity index is 617. The molecular formula is C18H22N4O. The van der Waals surface area contributed by atoms with E-state index in [1.165, 1.54) is 0 Å². The zero-order valence-electron chi connectivity index (χ0n) is 13.2. The van der Waals surface area contributed by atoms with Crippen LogP contribution >= 0.6 is 0 Å². The molecule has 1 aliphatic rings. The Hall–Kier alpha value is -2.43. The number of anilines is 1. The number of amides is 1. The first-order chi connectivity index (χ1) is 11.3. The zero-order chi connectivity index (χ0) is 15.9. The molecular weight excluding hydrogens is 288 g/mol. The second-order valence-electron chi connectivity index (χ2n) is 5.88. The molecule has 3 rings (SSSR count). The van der Waals surface area contributed by atoms with Gasteiger partial charge in [0.15, 0.2) is 0 Å². The van der Waals surface area contributed by atoms with Crippen LogP contribution in [0.1, 0.15) is 18.4 Å². The van der Waals surface area contributed by atoms with Crippen molar-refractivity contribution in [2.75, 3.05) is 24.5 Å². The highest BCUT2D eigenvalue weighted by atomic mass is 16.1. The van der Waals surface area contributed by atoms with Crippen molar-refractivity contribution < 1.29 is 4.79 Å². The molecule has 1 fully saturated rings. The molecule has 0 spiro atoms. The summed E-state index contributed by atoms with van der Waals surface area (Å²) in [4.78, 5) is 23.1. The monoisotopic (exact) mass is 310 g/mol. The van der Waals surface area contributed by atoms with Gasteiger partial charge in [-0.15, -0.1) is 0 Å². The molecule has 1 saturated heterocycles. The first-order valence-electron chi connectivity index (χ1n) is 8.15. The summed E-state index contributed by atoms with van der Waals surface area (Å²) in [6.07, 6.45) is 8.19. The molecule has 2 aromatic rings. The van der Waals surface area contributed by atoms with Gasteiger partial charge >= 0.3 is 0 Å². The largest absolute Gasteiger partial charge is 0.356 e. The van der Waals surface area contributed by atoms with E-state index in [9.17, 15) is 4.79 Å². The molecule has 1 aliphatic heterocycles. The number of carbonyl (C=O) groups excluding carboxylic acids is 1. The smallest absolute Gasteiger partial charge is 0.224 e. The van der Waals surface area contributed by atoms with E-state index in [-0.39, 0.29) is 11.8 Å². The lowest BCUT2D eigenvalue weighted by Gasteiger charge is -2.32. The van der Waals surface area contributed by atoms with Crippen LogP contribution in [0.25, 0.3) is 0 Å². The van der Waals surface area contributed by atoms with Crippen molar-refractivity contribution >= 4 is 11.7 Å². The van der Waals surface area contributed by atoms with Crippen molar-refractivity contribution in [1.29, 1.82) is 0 Å². The van der Waals surface area contributed by atoms with Crippen molar-refractivity contribution in [3.05, 3.63) is 54.5 Å². The summed E-state index contributed by atoms with van der Waals surface area (Å²) in [6, 6.07) is 9.85. The molecule has 23 heavy (non-hydrogen) atoms. The molecule has 0 aromatic carbocycles. The SMILES string of the molecule is O=C(NCCc1cccnc1)[C@H]1CCCN(c2ccccn2)C1. The summed E-state index contributed by atoms with van der Waals surface area (Å²) < 4.78 is 0. The van der Waals surface area contributed by atoms with E-state index in [2.05, 4.69) is 20.2 Å². The highest BCUT2D eigenvalue weighted by molar-refractivity contribution is 5.79. The summed E-state index contributed by atoms with van der Waals surface area (Å²) in [5.74, 6) is 1.15. The van der Waals surface area contributed by atoms with Crippen LogP contribution in [0.5, 0.6) is 0 Å². The fourth-order valence-corrected chi connectivity index (χ4v) is 2.96. The van der Waals surface area contributed by atoms with Gasteiger partial charge in [-0.1, -0.05) is 12.1 Å². The van der Waals surface area contributed by atoms with E-state index in [1.807, 2.05) is 36.5 Å². The minimum absolute atomic E-state index is 0.0413. The molecule has 0 saturated carbocycles. The quantitative estimate of drug-likeness (QED) is 0.918. The van der Waals surface area contributed by atoms with Gasteiger partial charge in [-0.25, -0.2) is 4.98 Å². The number of nitrogens with zero attached hydrogens (tertiary/aromatic N) is 3. The predicted molar refractivity (Wildman–Crippen MR) is 90.1 cm³/mol. The van der Waals surface area contributed by atoms with E-state index >= 15 is 0 Å². The third-order valence-electron chi connectivity index (χ3n) is 4.20. The van der Waals surface area contributed by atoms with Gasteiger partial charge in [0.2, 0.25) is 5.91 Å². The van der Waals surface area contributed by atoms with Crippen LogP contribution in [0.3, 0.4) is 0 Å². The first-order valence-corrected chi connectivity index (χ1v) is 8.15. The third-order valence-corrected chi connectivity index (χ3v) is 4.20. The maximum Gasteiger partial charge on any atom is 0.224 e. The van der Waals surface area contributed by atoms with Gasteiger partial charge in [-0.05, 0) is 43.0 Å². The minimum Gasteiger partial charge on any atom is -0.356 e. The minimum atomic E-state index is 0.0413. The van der Waals surface area contributed by atoms with E-state index in [0.29, 0.717) is 6.54 Å². The lowest BCUT2D eigenvalue weighted by atomic mass is 9.97. The molecule has 120 valence electrons. The maximum absolute atomic E-state index is 12.4. The molecule has 5 heteroatoms. The fourth-order valence-electron chi connectivity index (χ4n) is 2.96. The number of piperidine rings is 1. The highest BCUT2D eigenvalue weighted by Crippen LogP contribution is 2.21. The Morgan fingerprint density at radius 2 is 2.22 bits per heavy atom. The molecule has 3 heterocycles. The standard InChI is InChI=1S/C18H22N4O/c23-18(21-11-8-15-5-3-9-19-13-15)16-6-4-12-22(14-16)17-7-1-2-10-20-17/h1-3,5,7,9-10,13,16H,4,6,8,11-12,14H2,(H,21,23)/t16-/m0/s1. The van der Waals surface area contributed by atoms with E-state index in [0.717, 1.165) is 43.7 Å². The summed E-state index contributed by atoms with van der Waals surface area (Å²) in [7, 11) is 0. The average molecular weight is 310 g/mol. The number of pyridine rings is 2. The molecule has 1 amide bonds. The van der Waals surface area contributed by atoms with Crippen LogP contribution < -0.4 is 10.2 Å². The Labute approximate surface area is 136 Å². The second-order valence-corrected chi connectivity index (χ2v) is 5.88. The van der Waals surface area contributed by atoms with Gasteiger partial charge in [-0.2, -0.15) is 0 Å². The van der Waals surface area contributed by atoms with Crippen molar-refractivity contribution in [1.82, 2.24) is 15.3 Å². The molecule has 0 aliphatic carbocycles.